The highest BCUT2D eigenvalue weighted by Gasteiger charge is 2.40. The summed E-state index contributed by atoms with van der Waals surface area (Å²) in [5.74, 6) is -1.38. The summed E-state index contributed by atoms with van der Waals surface area (Å²) < 4.78 is 5.09. The van der Waals surface area contributed by atoms with Gasteiger partial charge in [0.15, 0.2) is 0 Å². The molecule has 2 atom stereocenters. The number of carbonyl (C=O) groups is 2. The highest BCUT2D eigenvalue weighted by molar-refractivity contribution is 5.89. The Morgan fingerprint density at radius 1 is 1.30 bits per heavy atom. The topological polar surface area (TPSA) is 66.8 Å². The summed E-state index contributed by atoms with van der Waals surface area (Å²) in [7, 11) is 0. The van der Waals surface area contributed by atoms with Crippen LogP contribution in [0.4, 0.5) is 10.5 Å². The second-order valence-electron chi connectivity index (χ2n) is 4.85. The van der Waals surface area contributed by atoms with E-state index >= 15 is 0 Å². The zero-order chi connectivity index (χ0) is 14.5. The molecule has 1 fully saturated rings. The predicted octanol–water partition coefficient (Wildman–Crippen LogP) is 2.90. The van der Waals surface area contributed by atoms with Crippen LogP contribution in [0.3, 0.4) is 0 Å². The zero-order valence-corrected chi connectivity index (χ0v) is 11.5. The summed E-state index contributed by atoms with van der Waals surface area (Å²) in [5.41, 5.74) is 0.684. The fraction of sp³-hybridized carbons (Fsp3) is 0.467. The van der Waals surface area contributed by atoms with Gasteiger partial charge in [-0.1, -0.05) is 24.6 Å². The van der Waals surface area contributed by atoms with Gasteiger partial charge in [-0.05, 0) is 31.9 Å². The van der Waals surface area contributed by atoms with Crippen LogP contribution in [0.25, 0.3) is 0 Å². The van der Waals surface area contributed by atoms with E-state index < -0.39 is 18.0 Å². The number of carbonyl (C=O) groups excluding carboxylic acids is 1. The molecule has 1 aliphatic carbocycles. The molecule has 20 heavy (non-hydrogen) atoms. The summed E-state index contributed by atoms with van der Waals surface area (Å²) in [6.45, 7) is 2.01. The molecule has 0 saturated heterocycles. The number of ether oxygens (including phenoxy) is 1. The Morgan fingerprint density at radius 3 is 2.60 bits per heavy atom. The number of carboxylic acids is 1. The van der Waals surface area contributed by atoms with E-state index in [1.807, 2.05) is 18.2 Å². The third-order valence-corrected chi connectivity index (χ3v) is 3.63. The van der Waals surface area contributed by atoms with Crippen LogP contribution in [0.2, 0.25) is 0 Å². The van der Waals surface area contributed by atoms with E-state index in [0.29, 0.717) is 18.5 Å². The number of para-hydroxylation sites is 1. The van der Waals surface area contributed by atoms with Gasteiger partial charge >= 0.3 is 12.1 Å². The van der Waals surface area contributed by atoms with Gasteiger partial charge in [0.1, 0.15) is 0 Å². The molecule has 2 unspecified atom stereocenters. The molecule has 1 aromatic rings. The average molecular weight is 277 g/mol. The zero-order valence-electron chi connectivity index (χ0n) is 11.5. The molecular formula is C15H19NO4. The quantitative estimate of drug-likeness (QED) is 0.919. The number of hydrogen-bond acceptors (Lipinski definition) is 3. The maximum absolute atomic E-state index is 12.2. The predicted molar refractivity (Wildman–Crippen MR) is 74.7 cm³/mol. The Balaban J connectivity index is 2.31. The molecular weight excluding hydrogens is 258 g/mol. The fourth-order valence-electron chi connectivity index (χ4n) is 2.75. The van der Waals surface area contributed by atoms with Crippen molar-refractivity contribution in [3.63, 3.8) is 0 Å². The molecule has 0 aromatic heterocycles. The van der Waals surface area contributed by atoms with Crippen molar-refractivity contribution in [3.8, 4) is 0 Å². The highest BCUT2D eigenvalue weighted by Crippen LogP contribution is 2.33. The van der Waals surface area contributed by atoms with Crippen molar-refractivity contribution in [1.82, 2.24) is 0 Å². The summed E-state index contributed by atoms with van der Waals surface area (Å²) in [5, 5.41) is 9.31. The van der Waals surface area contributed by atoms with Gasteiger partial charge in [-0.2, -0.15) is 0 Å². The SMILES string of the molecule is CCOC(=O)N(c1ccccc1)C1CCCC1C(=O)O. The molecule has 1 N–H and O–H groups in total. The van der Waals surface area contributed by atoms with Gasteiger partial charge in [-0.25, -0.2) is 4.79 Å². The first-order chi connectivity index (χ1) is 9.65. The largest absolute Gasteiger partial charge is 0.481 e. The maximum Gasteiger partial charge on any atom is 0.414 e. The molecule has 2 rings (SSSR count). The Kier molecular flexibility index (Phi) is 4.61. The standard InChI is InChI=1S/C15H19NO4/c1-2-20-15(19)16(11-7-4-3-5-8-11)13-10-6-9-12(13)14(17)18/h3-5,7-8,12-13H,2,6,9-10H2,1H3,(H,17,18). The first-order valence-corrected chi connectivity index (χ1v) is 6.89. The van der Waals surface area contributed by atoms with E-state index in [1.54, 1.807) is 19.1 Å². The molecule has 0 aliphatic heterocycles. The third kappa shape index (κ3) is 2.92. The smallest absolute Gasteiger partial charge is 0.414 e. The minimum atomic E-state index is -0.849. The Bertz CT molecular complexity index is 474. The van der Waals surface area contributed by atoms with Crippen molar-refractivity contribution >= 4 is 17.7 Å². The first kappa shape index (κ1) is 14.4. The average Bonchev–Trinajstić information content (AvgIpc) is 2.90. The summed E-state index contributed by atoms with van der Waals surface area (Å²) in [6, 6.07) is 8.77. The lowest BCUT2D eigenvalue weighted by molar-refractivity contribution is -0.141. The number of rotatable bonds is 4. The van der Waals surface area contributed by atoms with E-state index in [-0.39, 0.29) is 12.6 Å². The van der Waals surface area contributed by atoms with Crippen LogP contribution in [0.5, 0.6) is 0 Å². The van der Waals surface area contributed by atoms with Gasteiger partial charge in [0, 0.05) is 5.69 Å². The van der Waals surface area contributed by atoms with Crippen LogP contribution in [0, 0.1) is 5.92 Å². The van der Waals surface area contributed by atoms with Crippen LogP contribution in [0.1, 0.15) is 26.2 Å². The number of anilines is 1. The van der Waals surface area contributed by atoms with E-state index in [2.05, 4.69) is 0 Å². The highest BCUT2D eigenvalue weighted by atomic mass is 16.6. The molecule has 0 bridgehead atoms. The number of nitrogens with zero attached hydrogens (tertiary/aromatic N) is 1. The number of aliphatic carboxylic acids is 1. The minimum Gasteiger partial charge on any atom is -0.481 e. The van der Waals surface area contributed by atoms with Crippen LogP contribution in [-0.4, -0.2) is 29.8 Å². The molecule has 1 amide bonds. The summed E-state index contributed by atoms with van der Waals surface area (Å²) in [4.78, 5) is 25.1. The van der Waals surface area contributed by atoms with Gasteiger partial charge < -0.3 is 9.84 Å². The van der Waals surface area contributed by atoms with Gasteiger partial charge in [-0.15, -0.1) is 0 Å². The Hall–Kier alpha value is -2.04. The maximum atomic E-state index is 12.2. The van der Waals surface area contributed by atoms with Gasteiger partial charge in [-0.3, -0.25) is 9.69 Å². The van der Waals surface area contributed by atoms with Gasteiger partial charge in [0.05, 0.1) is 18.6 Å². The number of amides is 1. The van der Waals surface area contributed by atoms with Crippen molar-refractivity contribution in [1.29, 1.82) is 0 Å². The van der Waals surface area contributed by atoms with E-state index in [9.17, 15) is 14.7 Å². The Labute approximate surface area is 118 Å². The minimum absolute atomic E-state index is 0.270. The van der Waals surface area contributed by atoms with Crippen molar-refractivity contribution in [3.05, 3.63) is 30.3 Å². The molecule has 108 valence electrons. The van der Waals surface area contributed by atoms with Gasteiger partial charge in [0.25, 0.3) is 0 Å². The third-order valence-electron chi connectivity index (χ3n) is 3.63. The number of benzene rings is 1. The summed E-state index contributed by atoms with van der Waals surface area (Å²) in [6.07, 6.45) is 1.62. The molecule has 0 spiro atoms. The van der Waals surface area contributed by atoms with Gasteiger partial charge in [0.2, 0.25) is 0 Å². The lowest BCUT2D eigenvalue weighted by Gasteiger charge is -2.30. The van der Waals surface area contributed by atoms with E-state index in [4.69, 9.17) is 4.74 Å². The number of hydrogen-bond donors (Lipinski definition) is 1. The lowest BCUT2D eigenvalue weighted by atomic mass is 10.0. The van der Waals surface area contributed by atoms with Crippen LogP contribution in [0.15, 0.2) is 30.3 Å². The Morgan fingerprint density at radius 2 is 2.00 bits per heavy atom. The molecule has 0 heterocycles. The van der Waals surface area contributed by atoms with Crippen molar-refractivity contribution in [2.75, 3.05) is 11.5 Å². The molecule has 1 saturated carbocycles. The molecule has 1 aliphatic rings. The molecule has 5 heteroatoms. The number of carboxylic acid groups (broad SMARTS) is 1. The van der Waals surface area contributed by atoms with Crippen LogP contribution in [-0.2, 0) is 9.53 Å². The van der Waals surface area contributed by atoms with Crippen molar-refractivity contribution in [2.24, 2.45) is 5.92 Å². The molecule has 0 radical (unpaired) electrons. The van der Waals surface area contributed by atoms with E-state index in [0.717, 1.165) is 6.42 Å². The van der Waals surface area contributed by atoms with Crippen molar-refractivity contribution < 1.29 is 19.4 Å². The second-order valence-corrected chi connectivity index (χ2v) is 4.85. The monoisotopic (exact) mass is 277 g/mol. The fourth-order valence-corrected chi connectivity index (χ4v) is 2.75. The lowest BCUT2D eigenvalue weighted by Crippen LogP contribution is -2.45. The normalized spacial score (nSPS) is 21.4. The second kappa shape index (κ2) is 6.41. The van der Waals surface area contributed by atoms with E-state index in [1.165, 1.54) is 4.90 Å². The summed E-state index contributed by atoms with van der Waals surface area (Å²) >= 11 is 0. The van der Waals surface area contributed by atoms with Crippen molar-refractivity contribution in [2.45, 2.75) is 32.2 Å². The van der Waals surface area contributed by atoms with Crippen LogP contribution >= 0.6 is 0 Å². The molecule has 5 nitrogen and oxygen atoms in total. The first-order valence-electron chi connectivity index (χ1n) is 6.89. The van der Waals surface area contributed by atoms with Crippen LogP contribution < -0.4 is 4.90 Å². The molecule has 1 aromatic carbocycles.